The van der Waals surface area contributed by atoms with Gasteiger partial charge in [0.25, 0.3) is 0 Å². The number of ether oxygens (including phenoxy) is 1. The van der Waals surface area contributed by atoms with E-state index in [0.717, 1.165) is 19.8 Å². The summed E-state index contributed by atoms with van der Waals surface area (Å²) < 4.78 is 5.72. The van der Waals surface area contributed by atoms with Gasteiger partial charge < -0.3 is 15.0 Å². The van der Waals surface area contributed by atoms with Crippen molar-refractivity contribution in [3.63, 3.8) is 0 Å². The molecule has 116 valence electrons. The number of likely N-dealkylation sites (tertiary alicyclic amines) is 1. The molecule has 0 radical (unpaired) electrons. The van der Waals surface area contributed by atoms with E-state index < -0.39 is 0 Å². The fourth-order valence-corrected chi connectivity index (χ4v) is 3.54. The van der Waals surface area contributed by atoms with Crippen molar-refractivity contribution in [1.29, 1.82) is 0 Å². The minimum Gasteiger partial charge on any atom is -0.375 e. The number of benzene rings is 1. The van der Waals surface area contributed by atoms with Crippen LogP contribution >= 0.6 is 0 Å². The second kappa shape index (κ2) is 7.39. The molecule has 0 bridgehead atoms. The maximum absolute atomic E-state index is 5.72. The molecular weight excluding hydrogens is 260 g/mol. The Labute approximate surface area is 128 Å². The first kappa shape index (κ1) is 15.0. The van der Waals surface area contributed by atoms with Crippen LogP contribution in [0.3, 0.4) is 0 Å². The smallest absolute Gasteiger partial charge is 0.0721 e. The van der Waals surface area contributed by atoms with Gasteiger partial charge in [-0.15, -0.1) is 0 Å². The summed E-state index contributed by atoms with van der Waals surface area (Å²) in [4.78, 5) is 2.63. The number of fused-ring (bicyclic) bond motifs is 1. The predicted octanol–water partition coefficient (Wildman–Crippen LogP) is 2.97. The van der Waals surface area contributed by atoms with Crippen LogP contribution < -0.4 is 5.32 Å². The molecule has 1 N–H and O–H groups in total. The molecule has 1 aromatic rings. The Balaban J connectivity index is 1.49. The third-order valence-electron chi connectivity index (χ3n) is 4.70. The molecule has 0 amide bonds. The molecular formula is C18H28N2O. The van der Waals surface area contributed by atoms with Crippen molar-refractivity contribution < 1.29 is 4.74 Å². The normalized spacial score (nSPS) is 24.5. The molecule has 2 heterocycles. The van der Waals surface area contributed by atoms with Gasteiger partial charge >= 0.3 is 0 Å². The maximum atomic E-state index is 5.72. The van der Waals surface area contributed by atoms with E-state index in [-0.39, 0.29) is 0 Å². The van der Waals surface area contributed by atoms with Crippen LogP contribution in [-0.4, -0.2) is 37.7 Å². The van der Waals surface area contributed by atoms with Gasteiger partial charge in [-0.05, 0) is 49.5 Å². The van der Waals surface area contributed by atoms with Crippen LogP contribution in [0, 0.1) is 5.92 Å². The van der Waals surface area contributed by atoms with E-state index in [0.29, 0.717) is 12.0 Å². The first-order valence-electron chi connectivity index (χ1n) is 8.44. The fraction of sp³-hybridized carbons (Fsp3) is 0.667. The van der Waals surface area contributed by atoms with Crippen molar-refractivity contribution in [2.45, 2.75) is 38.8 Å². The largest absolute Gasteiger partial charge is 0.375 e. The summed E-state index contributed by atoms with van der Waals surface area (Å²) in [5, 5.41) is 3.72. The Kier molecular flexibility index (Phi) is 5.28. The topological polar surface area (TPSA) is 24.5 Å². The van der Waals surface area contributed by atoms with E-state index in [2.05, 4.69) is 41.4 Å². The van der Waals surface area contributed by atoms with Crippen molar-refractivity contribution in [3.8, 4) is 0 Å². The molecule has 1 aromatic carbocycles. The number of nitrogens with one attached hydrogen (secondary N) is 1. The molecule has 2 aliphatic rings. The van der Waals surface area contributed by atoms with Crippen molar-refractivity contribution >= 4 is 0 Å². The highest BCUT2D eigenvalue weighted by Crippen LogP contribution is 2.24. The lowest BCUT2D eigenvalue weighted by atomic mass is 9.98. The molecule has 2 aliphatic heterocycles. The monoisotopic (exact) mass is 288 g/mol. The van der Waals surface area contributed by atoms with Crippen LogP contribution in [0.4, 0.5) is 0 Å². The highest BCUT2D eigenvalue weighted by atomic mass is 16.5. The highest BCUT2D eigenvalue weighted by Gasteiger charge is 2.21. The summed E-state index contributed by atoms with van der Waals surface area (Å²) in [5.74, 6) is 0.692. The SMILES string of the molecule is CC(CNC1COCc2ccccc21)CN1CCCCC1. The molecule has 1 fully saturated rings. The van der Waals surface area contributed by atoms with E-state index in [4.69, 9.17) is 4.74 Å². The van der Waals surface area contributed by atoms with Gasteiger partial charge in [0.05, 0.1) is 19.3 Å². The second-order valence-electron chi connectivity index (χ2n) is 6.64. The number of rotatable bonds is 5. The van der Waals surface area contributed by atoms with Crippen molar-refractivity contribution in [2.24, 2.45) is 5.92 Å². The zero-order valence-electron chi connectivity index (χ0n) is 13.2. The Morgan fingerprint density at radius 2 is 2.05 bits per heavy atom. The standard InChI is InChI=1S/C18H28N2O/c1-15(12-20-9-5-2-6-10-20)11-19-18-14-21-13-16-7-3-4-8-17(16)18/h3-4,7-8,15,18-19H,2,5-6,9-14H2,1H3. The van der Waals surface area contributed by atoms with Gasteiger partial charge in [-0.3, -0.25) is 0 Å². The van der Waals surface area contributed by atoms with E-state index in [9.17, 15) is 0 Å². The zero-order valence-corrected chi connectivity index (χ0v) is 13.2. The molecule has 0 aliphatic carbocycles. The molecule has 1 saturated heterocycles. The minimum atomic E-state index is 0.360. The Bertz CT molecular complexity index is 443. The molecule has 0 aromatic heterocycles. The molecule has 21 heavy (non-hydrogen) atoms. The van der Waals surface area contributed by atoms with Gasteiger partial charge in [-0.2, -0.15) is 0 Å². The molecule has 3 nitrogen and oxygen atoms in total. The van der Waals surface area contributed by atoms with E-state index in [1.165, 1.54) is 50.0 Å². The number of hydrogen-bond donors (Lipinski definition) is 1. The van der Waals surface area contributed by atoms with Crippen LogP contribution in [0.15, 0.2) is 24.3 Å². The Morgan fingerprint density at radius 3 is 2.90 bits per heavy atom. The first-order chi connectivity index (χ1) is 10.3. The zero-order chi connectivity index (χ0) is 14.5. The van der Waals surface area contributed by atoms with Gasteiger partial charge in [0.1, 0.15) is 0 Å². The number of hydrogen-bond acceptors (Lipinski definition) is 3. The summed E-state index contributed by atoms with van der Waals surface area (Å²) in [7, 11) is 0. The van der Waals surface area contributed by atoms with Gasteiger partial charge in [0.2, 0.25) is 0 Å². The van der Waals surface area contributed by atoms with Crippen LogP contribution in [-0.2, 0) is 11.3 Å². The molecule has 0 saturated carbocycles. The summed E-state index contributed by atoms with van der Waals surface area (Å²) in [5.41, 5.74) is 2.76. The third kappa shape index (κ3) is 4.06. The lowest BCUT2D eigenvalue weighted by molar-refractivity contribution is 0.0801. The maximum Gasteiger partial charge on any atom is 0.0721 e. The Hall–Kier alpha value is -0.900. The highest BCUT2D eigenvalue weighted by molar-refractivity contribution is 5.31. The van der Waals surface area contributed by atoms with Crippen LogP contribution in [0.25, 0.3) is 0 Å². The lowest BCUT2D eigenvalue weighted by Gasteiger charge is -2.31. The average molecular weight is 288 g/mol. The van der Waals surface area contributed by atoms with Crippen LogP contribution in [0.5, 0.6) is 0 Å². The van der Waals surface area contributed by atoms with Crippen molar-refractivity contribution in [3.05, 3.63) is 35.4 Å². The van der Waals surface area contributed by atoms with Crippen LogP contribution in [0.2, 0.25) is 0 Å². The van der Waals surface area contributed by atoms with Gasteiger partial charge in [-0.25, -0.2) is 0 Å². The predicted molar refractivity (Wildman–Crippen MR) is 86.3 cm³/mol. The lowest BCUT2D eigenvalue weighted by Crippen LogP contribution is -2.38. The Morgan fingerprint density at radius 1 is 1.24 bits per heavy atom. The second-order valence-corrected chi connectivity index (χ2v) is 6.64. The van der Waals surface area contributed by atoms with Crippen LogP contribution in [0.1, 0.15) is 43.4 Å². The van der Waals surface area contributed by atoms with Gasteiger partial charge in [-0.1, -0.05) is 37.6 Å². The van der Waals surface area contributed by atoms with Gasteiger partial charge in [0.15, 0.2) is 0 Å². The summed E-state index contributed by atoms with van der Waals surface area (Å²) in [6.07, 6.45) is 4.17. The number of piperidine rings is 1. The molecule has 0 spiro atoms. The van der Waals surface area contributed by atoms with E-state index in [1.54, 1.807) is 0 Å². The molecule has 2 atom stereocenters. The number of nitrogens with zero attached hydrogens (tertiary/aromatic N) is 1. The molecule has 2 unspecified atom stereocenters. The summed E-state index contributed by atoms with van der Waals surface area (Å²) in [6.45, 7) is 8.79. The van der Waals surface area contributed by atoms with Gasteiger partial charge in [0, 0.05) is 6.54 Å². The fourth-order valence-electron chi connectivity index (χ4n) is 3.54. The summed E-state index contributed by atoms with van der Waals surface area (Å²) >= 11 is 0. The molecule has 3 rings (SSSR count). The average Bonchev–Trinajstić information content (AvgIpc) is 2.54. The third-order valence-corrected chi connectivity index (χ3v) is 4.70. The van der Waals surface area contributed by atoms with Crippen molar-refractivity contribution in [1.82, 2.24) is 10.2 Å². The van der Waals surface area contributed by atoms with E-state index in [1.807, 2.05) is 0 Å². The van der Waals surface area contributed by atoms with E-state index >= 15 is 0 Å². The minimum absolute atomic E-state index is 0.360. The van der Waals surface area contributed by atoms with Crippen molar-refractivity contribution in [2.75, 3.05) is 32.8 Å². The molecule has 3 heteroatoms. The quantitative estimate of drug-likeness (QED) is 0.901. The first-order valence-corrected chi connectivity index (χ1v) is 8.44. The summed E-state index contributed by atoms with van der Waals surface area (Å²) in [6, 6.07) is 9.02.